The van der Waals surface area contributed by atoms with Crippen molar-refractivity contribution in [3.8, 4) is 0 Å². The van der Waals surface area contributed by atoms with Gasteiger partial charge >= 0.3 is 0 Å². The number of hydrogen-bond acceptors (Lipinski definition) is 6. The molecular weight excluding hydrogens is 286 g/mol. The Balaban J connectivity index is 2.27. The van der Waals surface area contributed by atoms with Crippen molar-refractivity contribution >= 4 is 22.4 Å². The molecule has 1 fully saturated rings. The Morgan fingerprint density at radius 2 is 1.76 bits per heavy atom. The maximum absolute atomic E-state index is 11.4. The summed E-state index contributed by atoms with van der Waals surface area (Å²) in [5.74, 6) is 9.32. The highest BCUT2D eigenvalue weighted by atomic mass is 32.2. The molecule has 1 aromatic heterocycles. The summed E-state index contributed by atoms with van der Waals surface area (Å²) in [6.45, 7) is 8.17. The zero-order valence-electron chi connectivity index (χ0n) is 13.2. The van der Waals surface area contributed by atoms with E-state index in [0.29, 0.717) is 11.9 Å². The second kappa shape index (κ2) is 6.27. The van der Waals surface area contributed by atoms with Crippen LogP contribution < -0.4 is 16.6 Å². The summed E-state index contributed by atoms with van der Waals surface area (Å²) in [5, 5.41) is 3.48. The van der Waals surface area contributed by atoms with Gasteiger partial charge in [-0.05, 0) is 19.8 Å². The van der Waals surface area contributed by atoms with Crippen LogP contribution in [0.5, 0.6) is 0 Å². The van der Waals surface area contributed by atoms with Crippen molar-refractivity contribution in [2.24, 2.45) is 5.84 Å². The van der Waals surface area contributed by atoms with E-state index in [0.717, 1.165) is 41.6 Å². The van der Waals surface area contributed by atoms with Crippen LogP contribution in [-0.2, 0) is 16.2 Å². The molecule has 0 spiro atoms. The maximum atomic E-state index is 11.4. The van der Waals surface area contributed by atoms with Crippen LogP contribution in [0, 0.1) is 6.92 Å². The predicted octanol–water partition coefficient (Wildman–Crippen LogP) is 1.69. The zero-order valence-corrected chi connectivity index (χ0v) is 14.0. The highest BCUT2D eigenvalue weighted by molar-refractivity contribution is 7.85. The molecule has 0 radical (unpaired) electrons. The quantitative estimate of drug-likeness (QED) is 0.581. The molecule has 6 nitrogen and oxygen atoms in total. The van der Waals surface area contributed by atoms with Gasteiger partial charge in [0.15, 0.2) is 0 Å². The lowest BCUT2D eigenvalue weighted by molar-refractivity contribution is 0.544. The van der Waals surface area contributed by atoms with E-state index in [1.165, 1.54) is 0 Å². The lowest BCUT2D eigenvalue weighted by atomic mass is 9.95. The Labute approximate surface area is 128 Å². The Morgan fingerprint density at radius 1 is 1.19 bits per heavy atom. The van der Waals surface area contributed by atoms with Crippen LogP contribution in [0.3, 0.4) is 0 Å². The summed E-state index contributed by atoms with van der Waals surface area (Å²) in [6, 6.07) is 0.315. The molecule has 7 heteroatoms. The number of nitrogens with one attached hydrogen (secondary N) is 2. The van der Waals surface area contributed by atoms with E-state index in [4.69, 9.17) is 5.84 Å². The monoisotopic (exact) mass is 311 g/mol. The Bertz CT molecular complexity index is 531. The van der Waals surface area contributed by atoms with Gasteiger partial charge in [0.25, 0.3) is 0 Å². The van der Waals surface area contributed by atoms with Gasteiger partial charge in [-0.15, -0.1) is 0 Å². The van der Waals surface area contributed by atoms with Gasteiger partial charge < -0.3 is 10.7 Å². The number of rotatable bonds is 3. The summed E-state index contributed by atoms with van der Waals surface area (Å²) in [6.07, 6.45) is 1.82. The Hall–Kier alpha value is -1.21. The molecule has 0 amide bonds. The third-order valence-corrected chi connectivity index (χ3v) is 5.06. The van der Waals surface area contributed by atoms with Crippen molar-refractivity contribution in [2.45, 2.75) is 52.0 Å². The fourth-order valence-electron chi connectivity index (χ4n) is 2.26. The number of anilines is 2. The Morgan fingerprint density at radius 3 is 2.29 bits per heavy atom. The fourth-order valence-corrected chi connectivity index (χ4v) is 3.56. The minimum absolute atomic E-state index is 0.149. The van der Waals surface area contributed by atoms with Gasteiger partial charge in [-0.1, -0.05) is 20.8 Å². The minimum atomic E-state index is -0.654. The summed E-state index contributed by atoms with van der Waals surface area (Å²) in [5.41, 5.74) is 3.42. The first-order chi connectivity index (χ1) is 9.81. The van der Waals surface area contributed by atoms with Gasteiger partial charge in [0.1, 0.15) is 17.5 Å². The molecule has 0 atom stereocenters. The number of hydrazine groups is 1. The second-order valence-electron chi connectivity index (χ2n) is 6.53. The Kier molecular flexibility index (Phi) is 4.83. The average Bonchev–Trinajstić information content (AvgIpc) is 2.42. The van der Waals surface area contributed by atoms with Crippen LogP contribution in [0.2, 0.25) is 0 Å². The molecule has 0 aromatic carbocycles. The molecule has 2 heterocycles. The molecule has 0 unspecified atom stereocenters. The van der Waals surface area contributed by atoms with E-state index < -0.39 is 10.8 Å². The SMILES string of the molecule is Cc1c(NN)nc(C(C)(C)C)nc1NC1CCS(=O)CC1. The molecule has 1 aliphatic rings. The number of nitrogen functional groups attached to an aromatic ring is 1. The molecule has 0 bridgehead atoms. The largest absolute Gasteiger partial charge is 0.367 e. The number of hydrogen-bond donors (Lipinski definition) is 3. The van der Waals surface area contributed by atoms with Crippen molar-refractivity contribution in [1.82, 2.24) is 9.97 Å². The minimum Gasteiger partial charge on any atom is -0.367 e. The van der Waals surface area contributed by atoms with Crippen LogP contribution >= 0.6 is 0 Å². The summed E-state index contributed by atoms with van der Waals surface area (Å²) in [7, 11) is -0.654. The predicted molar refractivity (Wildman–Crippen MR) is 87.8 cm³/mol. The third kappa shape index (κ3) is 3.91. The van der Waals surface area contributed by atoms with Crippen LogP contribution in [0.25, 0.3) is 0 Å². The van der Waals surface area contributed by atoms with E-state index in [1.54, 1.807) is 0 Å². The summed E-state index contributed by atoms with van der Waals surface area (Å²) >= 11 is 0. The fraction of sp³-hybridized carbons (Fsp3) is 0.714. The van der Waals surface area contributed by atoms with Crippen LogP contribution in [0.4, 0.5) is 11.6 Å². The van der Waals surface area contributed by atoms with Gasteiger partial charge in [-0.2, -0.15) is 0 Å². The number of nitrogens with two attached hydrogens (primary N) is 1. The highest BCUT2D eigenvalue weighted by Gasteiger charge is 2.23. The molecule has 1 saturated heterocycles. The molecule has 1 aromatic rings. The van der Waals surface area contributed by atoms with Crippen molar-refractivity contribution in [1.29, 1.82) is 0 Å². The highest BCUT2D eigenvalue weighted by Crippen LogP contribution is 2.27. The number of nitrogens with zero attached hydrogens (tertiary/aromatic N) is 2. The standard InChI is InChI=1S/C14H25N5OS/c1-9-11(16-10-5-7-21(20)8-6-10)17-13(14(2,3)4)18-12(9)19-15/h10H,5-8,15H2,1-4H3,(H2,16,17,18,19). The van der Waals surface area contributed by atoms with Crippen LogP contribution in [0.1, 0.15) is 45.0 Å². The van der Waals surface area contributed by atoms with Crippen LogP contribution in [-0.4, -0.2) is 31.7 Å². The van der Waals surface area contributed by atoms with E-state index in [9.17, 15) is 4.21 Å². The molecule has 1 aliphatic heterocycles. The molecule has 0 aliphatic carbocycles. The molecular formula is C14H25N5OS. The number of aromatic nitrogens is 2. The van der Waals surface area contributed by atoms with Crippen molar-refractivity contribution < 1.29 is 4.21 Å². The molecule has 2 rings (SSSR count). The molecule has 21 heavy (non-hydrogen) atoms. The van der Waals surface area contributed by atoms with Gasteiger partial charge in [0.05, 0.1) is 0 Å². The smallest absolute Gasteiger partial charge is 0.148 e. The normalized spacial score (nSPS) is 22.9. The topological polar surface area (TPSA) is 92.9 Å². The molecule has 118 valence electrons. The van der Waals surface area contributed by atoms with Crippen molar-refractivity contribution in [3.63, 3.8) is 0 Å². The third-order valence-electron chi connectivity index (χ3n) is 3.68. The zero-order chi connectivity index (χ0) is 15.6. The first kappa shape index (κ1) is 16.2. The second-order valence-corrected chi connectivity index (χ2v) is 8.23. The first-order valence-electron chi connectivity index (χ1n) is 7.28. The van der Waals surface area contributed by atoms with Gasteiger partial charge in [0.2, 0.25) is 0 Å². The van der Waals surface area contributed by atoms with Gasteiger partial charge in [-0.25, -0.2) is 15.8 Å². The maximum Gasteiger partial charge on any atom is 0.148 e. The van der Waals surface area contributed by atoms with Gasteiger partial charge in [-0.3, -0.25) is 4.21 Å². The van der Waals surface area contributed by atoms with E-state index >= 15 is 0 Å². The summed E-state index contributed by atoms with van der Waals surface area (Å²) in [4.78, 5) is 9.16. The van der Waals surface area contributed by atoms with E-state index in [2.05, 4.69) is 41.5 Å². The van der Waals surface area contributed by atoms with E-state index in [-0.39, 0.29) is 5.41 Å². The van der Waals surface area contributed by atoms with Crippen LogP contribution in [0.15, 0.2) is 0 Å². The molecule has 4 N–H and O–H groups in total. The lowest BCUT2D eigenvalue weighted by Crippen LogP contribution is -2.31. The lowest BCUT2D eigenvalue weighted by Gasteiger charge is -2.26. The van der Waals surface area contributed by atoms with Gasteiger partial charge in [0, 0.05) is 39.3 Å². The average molecular weight is 311 g/mol. The van der Waals surface area contributed by atoms with Crippen molar-refractivity contribution in [3.05, 3.63) is 11.4 Å². The first-order valence-corrected chi connectivity index (χ1v) is 8.77. The van der Waals surface area contributed by atoms with E-state index in [1.807, 2.05) is 6.92 Å². The summed E-state index contributed by atoms with van der Waals surface area (Å²) < 4.78 is 11.4. The molecule has 0 saturated carbocycles. The van der Waals surface area contributed by atoms with Crippen molar-refractivity contribution in [2.75, 3.05) is 22.2 Å².